The number of nitrogens with zero attached hydrogens (tertiary/aromatic N) is 5. The summed E-state index contributed by atoms with van der Waals surface area (Å²) in [5.74, 6) is 0.0955. The Morgan fingerprint density at radius 3 is 2.79 bits per heavy atom. The normalized spacial score (nSPS) is 16.5. The van der Waals surface area contributed by atoms with E-state index in [4.69, 9.17) is 4.74 Å². The quantitative estimate of drug-likeness (QED) is 0.733. The molecule has 1 aliphatic heterocycles. The van der Waals surface area contributed by atoms with Gasteiger partial charge in [-0.25, -0.2) is 19.2 Å². The van der Waals surface area contributed by atoms with Crippen LogP contribution in [0.5, 0.6) is 5.88 Å². The molecule has 0 saturated carbocycles. The van der Waals surface area contributed by atoms with E-state index in [2.05, 4.69) is 20.4 Å². The number of piperidine rings is 1. The number of benzene rings is 1. The summed E-state index contributed by atoms with van der Waals surface area (Å²) in [4.78, 5) is 22.4. The zero-order valence-electron chi connectivity index (χ0n) is 16.0. The van der Waals surface area contributed by atoms with Crippen molar-refractivity contribution in [1.29, 1.82) is 0 Å². The Kier molecular flexibility index (Phi) is 5.37. The number of carbonyl (C=O) groups is 1. The fourth-order valence-electron chi connectivity index (χ4n) is 3.21. The van der Waals surface area contributed by atoms with Crippen LogP contribution in [0.2, 0.25) is 0 Å². The number of hydrogen-bond acceptors (Lipinski definition) is 5. The third-order valence-electron chi connectivity index (χ3n) is 4.66. The molecule has 29 heavy (non-hydrogen) atoms. The van der Waals surface area contributed by atoms with Crippen molar-refractivity contribution < 1.29 is 13.9 Å². The highest BCUT2D eigenvalue weighted by Gasteiger charge is 2.26. The predicted octanol–water partition coefficient (Wildman–Crippen LogP) is 3.09. The Balaban J connectivity index is 1.36. The molecular formula is C20H21FN6O2. The fourth-order valence-corrected chi connectivity index (χ4v) is 3.21. The van der Waals surface area contributed by atoms with Crippen LogP contribution in [0.1, 0.15) is 12.8 Å². The second-order valence-electron chi connectivity index (χ2n) is 6.87. The first kappa shape index (κ1) is 18.9. The van der Waals surface area contributed by atoms with Gasteiger partial charge in [0.2, 0.25) is 0 Å². The van der Waals surface area contributed by atoms with Crippen molar-refractivity contribution in [3.63, 3.8) is 0 Å². The van der Waals surface area contributed by atoms with E-state index in [0.29, 0.717) is 24.6 Å². The number of rotatable bonds is 4. The first-order valence-electron chi connectivity index (χ1n) is 9.37. The van der Waals surface area contributed by atoms with Gasteiger partial charge in [0.05, 0.1) is 6.54 Å². The molecule has 0 aliphatic carbocycles. The van der Waals surface area contributed by atoms with Crippen LogP contribution >= 0.6 is 0 Å². The SMILES string of the molecule is Cn1cnc(-c2ccc(NC(=O)N3CCCC(Oc4ncccc4F)C3)cc2)n1. The lowest BCUT2D eigenvalue weighted by molar-refractivity contribution is 0.0987. The van der Waals surface area contributed by atoms with Crippen LogP contribution in [-0.2, 0) is 7.05 Å². The van der Waals surface area contributed by atoms with Crippen molar-refractivity contribution in [3.8, 4) is 17.3 Å². The molecule has 1 saturated heterocycles. The van der Waals surface area contributed by atoms with Crippen LogP contribution in [0.4, 0.5) is 14.9 Å². The Morgan fingerprint density at radius 1 is 1.24 bits per heavy atom. The summed E-state index contributed by atoms with van der Waals surface area (Å²) in [5, 5.41) is 7.15. The Hall–Kier alpha value is -3.49. The molecule has 1 aromatic carbocycles. The molecule has 2 aromatic heterocycles. The number of hydrogen-bond donors (Lipinski definition) is 1. The molecule has 1 atom stereocenters. The van der Waals surface area contributed by atoms with E-state index in [0.717, 1.165) is 18.4 Å². The van der Waals surface area contributed by atoms with Gasteiger partial charge in [-0.3, -0.25) is 4.68 Å². The minimum atomic E-state index is -0.503. The Labute approximate surface area is 167 Å². The lowest BCUT2D eigenvalue weighted by Crippen LogP contribution is -2.46. The number of ether oxygens (including phenoxy) is 1. The maximum atomic E-state index is 13.8. The molecule has 3 heterocycles. The van der Waals surface area contributed by atoms with Gasteiger partial charge in [0, 0.05) is 31.0 Å². The van der Waals surface area contributed by atoms with E-state index in [1.807, 2.05) is 31.3 Å². The topological polar surface area (TPSA) is 85.2 Å². The van der Waals surface area contributed by atoms with Crippen molar-refractivity contribution in [2.45, 2.75) is 18.9 Å². The van der Waals surface area contributed by atoms with Gasteiger partial charge in [0.25, 0.3) is 5.88 Å². The van der Waals surface area contributed by atoms with E-state index >= 15 is 0 Å². The average molecular weight is 396 g/mol. The monoisotopic (exact) mass is 396 g/mol. The van der Waals surface area contributed by atoms with Crippen LogP contribution in [0.3, 0.4) is 0 Å². The molecule has 150 valence electrons. The van der Waals surface area contributed by atoms with E-state index in [-0.39, 0.29) is 18.0 Å². The van der Waals surface area contributed by atoms with E-state index in [9.17, 15) is 9.18 Å². The van der Waals surface area contributed by atoms with Gasteiger partial charge in [-0.05, 0) is 49.2 Å². The number of halogens is 1. The Morgan fingerprint density at radius 2 is 2.07 bits per heavy atom. The van der Waals surface area contributed by atoms with E-state index in [1.165, 1.54) is 18.3 Å². The van der Waals surface area contributed by atoms with Gasteiger partial charge in [-0.15, -0.1) is 0 Å². The number of likely N-dealkylation sites (tertiary alicyclic amines) is 1. The molecule has 1 fully saturated rings. The first-order chi connectivity index (χ1) is 14.1. The van der Waals surface area contributed by atoms with Gasteiger partial charge in [-0.1, -0.05) is 0 Å². The molecule has 1 aliphatic rings. The number of aryl methyl sites for hydroxylation is 1. The molecule has 8 nitrogen and oxygen atoms in total. The second-order valence-corrected chi connectivity index (χ2v) is 6.87. The van der Waals surface area contributed by atoms with Gasteiger partial charge in [-0.2, -0.15) is 5.10 Å². The lowest BCUT2D eigenvalue weighted by atomic mass is 10.1. The molecule has 4 rings (SSSR count). The van der Waals surface area contributed by atoms with Crippen LogP contribution in [0.25, 0.3) is 11.4 Å². The largest absolute Gasteiger partial charge is 0.470 e. The smallest absolute Gasteiger partial charge is 0.321 e. The lowest BCUT2D eigenvalue weighted by Gasteiger charge is -2.32. The number of carbonyl (C=O) groups excluding carboxylic acids is 1. The summed E-state index contributed by atoms with van der Waals surface area (Å²) in [7, 11) is 1.81. The molecule has 0 bridgehead atoms. The number of urea groups is 1. The summed E-state index contributed by atoms with van der Waals surface area (Å²) in [6.07, 6.45) is 4.34. The minimum Gasteiger partial charge on any atom is -0.470 e. The van der Waals surface area contributed by atoms with Gasteiger partial charge in [0.1, 0.15) is 12.4 Å². The van der Waals surface area contributed by atoms with Gasteiger partial charge < -0.3 is 15.0 Å². The molecule has 3 aromatic rings. The molecule has 1 unspecified atom stereocenters. The van der Waals surface area contributed by atoms with Crippen molar-refractivity contribution in [1.82, 2.24) is 24.6 Å². The summed E-state index contributed by atoms with van der Waals surface area (Å²) in [5.41, 5.74) is 1.54. The molecule has 9 heteroatoms. The van der Waals surface area contributed by atoms with Crippen molar-refractivity contribution >= 4 is 11.7 Å². The maximum absolute atomic E-state index is 13.8. The fraction of sp³-hybridized carbons (Fsp3) is 0.300. The number of nitrogens with one attached hydrogen (secondary N) is 1. The van der Waals surface area contributed by atoms with Gasteiger partial charge in [0.15, 0.2) is 11.6 Å². The third-order valence-corrected chi connectivity index (χ3v) is 4.66. The van der Waals surface area contributed by atoms with E-state index in [1.54, 1.807) is 15.9 Å². The minimum absolute atomic E-state index is 0.0292. The summed E-state index contributed by atoms with van der Waals surface area (Å²) >= 11 is 0. The molecule has 0 radical (unpaired) electrons. The third kappa shape index (κ3) is 4.50. The van der Waals surface area contributed by atoms with Crippen molar-refractivity contribution in [2.24, 2.45) is 7.05 Å². The van der Waals surface area contributed by atoms with Crippen molar-refractivity contribution in [3.05, 3.63) is 54.7 Å². The highest BCUT2D eigenvalue weighted by molar-refractivity contribution is 5.89. The van der Waals surface area contributed by atoms with E-state index < -0.39 is 5.82 Å². The van der Waals surface area contributed by atoms with Crippen LogP contribution in [0.15, 0.2) is 48.9 Å². The number of amides is 2. The Bertz CT molecular complexity index is 991. The zero-order chi connectivity index (χ0) is 20.2. The molecule has 0 spiro atoms. The molecule has 2 amide bonds. The highest BCUT2D eigenvalue weighted by atomic mass is 19.1. The molecular weight excluding hydrogens is 375 g/mol. The summed E-state index contributed by atoms with van der Waals surface area (Å²) < 4.78 is 21.0. The first-order valence-corrected chi connectivity index (χ1v) is 9.37. The van der Waals surface area contributed by atoms with Crippen molar-refractivity contribution in [2.75, 3.05) is 18.4 Å². The predicted molar refractivity (Wildman–Crippen MR) is 105 cm³/mol. The maximum Gasteiger partial charge on any atom is 0.321 e. The highest BCUT2D eigenvalue weighted by Crippen LogP contribution is 2.21. The standard InChI is InChI=1S/C20H21FN6O2/c1-26-13-23-18(25-26)14-6-8-15(9-7-14)24-20(28)27-11-3-4-16(12-27)29-19-17(21)5-2-10-22-19/h2,5-10,13,16H,3-4,11-12H2,1H3,(H,24,28). The summed E-state index contributed by atoms with van der Waals surface area (Å²) in [6, 6.07) is 9.93. The van der Waals surface area contributed by atoms with Crippen LogP contribution in [-0.4, -0.2) is 49.9 Å². The second kappa shape index (κ2) is 8.26. The van der Waals surface area contributed by atoms with Crippen LogP contribution in [0, 0.1) is 5.82 Å². The number of aromatic nitrogens is 4. The summed E-state index contributed by atoms with van der Waals surface area (Å²) in [6.45, 7) is 0.990. The number of pyridine rings is 1. The van der Waals surface area contributed by atoms with Crippen LogP contribution < -0.4 is 10.1 Å². The zero-order valence-corrected chi connectivity index (χ0v) is 16.0. The van der Waals surface area contributed by atoms with Gasteiger partial charge >= 0.3 is 6.03 Å². The number of anilines is 1. The molecule has 1 N–H and O–H groups in total. The average Bonchev–Trinajstić information content (AvgIpc) is 3.17.